The Balaban J connectivity index is 2.12. The van der Waals surface area contributed by atoms with Crippen LogP contribution in [0.4, 0.5) is 0 Å². The van der Waals surface area contributed by atoms with E-state index in [0.717, 1.165) is 34.8 Å². The molecule has 0 radical (unpaired) electrons. The van der Waals surface area contributed by atoms with Crippen LogP contribution >= 0.6 is 11.8 Å². The SMILES string of the molecule is COc1cc2c(cc1C1(O)CC1)OCS2. The molecule has 1 fully saturated rings. The Hall–Kier alpha value is -0.870. The van der Waals surface area contributed by atoms with Crippen molar-refractivity contribution >= 4 is 11.8 Å². The summed E-state index contributed by atoms with van der Waals surface area (Å²) >= 11 is 1.65. The van der Waals surface area contributed by atoms with E-state index in [-0.39, 0.29) is 0 Å². The van der Waals surface area contributed by atoms with Crippen molar-refractivity contribution in [1.82, 2.24) is 0 Å². The van der Waals surface area contributed by atoms with E-state index in [9.17, 15) is 5.11 Å². The van der Waals surface area contributed by atoms with E-state index < -0.39 is 5.60 Å². The highest BCUT2D eigenvalue weighted by Gasteiger charge is 2.45. The summed E-state index contributed by atoms with van der Waals surface area (Å²) in [6, 6.07) is 3.87. The number of fused-ring (bicyclic) bond motifs is 1. The van der Waals surface area contributed by atoms with Gasteiger partial charge in [0.25, 0.3) is 0 Å². The van der Waals surface area contributed by atoms with Crippen molar-refractivity contribution in [3.63, 3.8) is 0 Å². The fraction of sp³-hybridized carbons (Fsp3) is 0.455. The van der Waals surface area contributed by atoms with Gasteiger partial charge in [-0.15, -0.1) is 0 Å². The summed E-state index contributed by atoms with van der Waals surface area (Å²) < 4.78 is 10.8. The van der Waals surface area contributed by atoms with Gasteiger partial charge in [-0.3, -0.25) is 0 Å². The maximum absolute atomic E-state index is 10.1. The van der Waals surface area contributed by atoms with E-state index in [1.54, 1.807) is 18.9 Å². The van der Waals surface area contributed by atoms with Crippen molar-refractivity contribution < 1.29 is 14.6 Å². The molecule has 0 unspecified atom stereocenters. The standard InChI is InChI=1S/C11H12O3S/c1-13-8-5-10-9(14-6-15-10)4-7(8)11(12)2-3-11/h4-5,12H,2-3,6H2,1H3. The number of rotatable bonds is 2. The molecule has 0 atom stereocenters. The van der Waals surface area contributed by atoms with Gasteiger partial charge < -0.3 is 14.6 Å². The molecule has 1 aromatic rings. The van der Waals surface area contributed by atoms with Crippen molar-refractivity contribution in [2.24, 2.45) is 0 Å². The number of benzene rings is 1. The summed E-state index contributed by atoms with van der Waals surface area (Å²) in [5.41, 5.74) is 0.197. The second kappa shape index (κ2) is 3.06. The fourth-order valence-corrected chi connectivity index (χ4v) is 2.61. The van der Waals surface area contributed by atoms with Gasteiger partial charge in [0.2, 0.25) is 0 Å². The Morgan fingerprint density at radius 3 is 2.93 bits per heavy atom. The molecule has 4 heteroatoms. The van der Waals surface area contributed by atoms with E-state index >= 15 is 0 Å². The van der Waals surface area contributed by atoms with Gasteiger partial charge in [0.15, 0.2) is 0 Å². The van der Waals surface area contributed by atoms with E-state index in [1.807, 2.05) is 12.1 Å². The molecular weight excluding hydrogens is 212 g/mol. The zero-order valence-corrected chi connectivity index (χ0v) is 9.26. The molecule has 80 valence electrons. The van der Waals surface area contributed by atoms with Crippen LogP contribution in [0.1, 0.15) is 18.4 Å². The second-order valence-electron chi connectivity index (χ2n) is 3.94. The first-order valence-corrected chi connectivity index (χ1v) is 5.92. The molecular formula is C11H12O3S. The predicted molar refractivity (Wildman–Crippen MR) is 57.5 cm³/mol. The minimum absolute atomic E-state index is 0.653. The molecule has 15 heavy (non-hydrogen) atoms. The fourth-order valence-electron chi connectivity index (χ4n) is 1.84. The topological polar surface area (TPSA) is 38.7 Å². The number of hydrogen-bond acceptors (Lipinski definition) is 4. The normalized spacial score (nSPS) is 20.7. The third-order valence-electron chi connectivity index (χ3n) is 2.92. The van der Waals surface area contributed by atoms with Crippen LogP contribution in [0.5, 0.6) is 11.5 Å². The molecule has 0 spiro atoms. The first kappa shape index (κ1) is 9.36. The van der Waals surface area contributed by atoms with Gasteiger partial charge in [-0.05, 0) is 25.0 Å². The number of thioether (sulfide) groups is 1. The summed E-state index contributed by atoms with van der Waals surface area (Å²) in [4.78, 5) is 1.10. The molecule has 0 amide bonds. The molecule has 1 aliphatic carbocycles. The summed E-state index contributed by atoms with van der Waals surface area (Å²) in [5, 5.41) is 10.1. The molecule has 2 aliphatic rings. The van der Waals surface area contributed by atoms with Crippen molar-refractivity contribution in [2.45, 2.75) is 23.3 Å². The van der Waals surface area contributed by atoms with Crippen LogP contribution in [0, 0.1) is 0 Å². The van der Waals surface area contributed by atoms with E-state index in [2.05, 4.69) is 0 Å². The van der Waals surface area contributed by atoms with Crippen LogP contribution < -0.4 is 9.47 Å². The minimum atomic E-state index is -0.670. The molecule has 1 saturated carbocycles. The van der Waals surface area contributed by atoms with Crippen LogP contribution in [0.3, 0.4) is 0 Å². The monoisotopic (exact) mass is 224 g/mol. The molecule has 3 nitrogen and oxygen atoms in total. The lowest BCUT2D eigenvalue weighted by Gasteiger charge is -2.14. The molecule has 0 bridgehead atoms. The van der Waals surface area contributed by atoms with Crippen molar-refractivity contribution in [3.8, 4) is 11.5 Å². The molecule has 1 aliphatic heterocycles. The second-order valence-corrected chi connectivity index (χ2v) is 4.90. The molecule has 1 heterocycles. The smallest absolute Gasteiger partial charge is 0.138 e. The summed E-state index contributed by atoms with van der Waals surface area (Å²) in [6.07, 6.45) is 1.63. The lowest BCUT2D eigenvalue weighted by atomic mass is 10.1. The Labute approximate surface area is 92.4 Å². The average Bonchev–Trinajstić information content (AvgIpc) is 2.83. The first-order valence-electron chi connectivity index (χ1n) is 4.93. The van der Waals surface area contributed by atoms with Crippen molar-refractivity contribution in [3.05, 3.63) is 17.7 Å². The van der Waals surface area contributed by atoms with Gasteiger partial charge in [-0.2, -0.15) is 0 Å². The Morgan fingerprint density at radius 1 is 1.47 bits per heavy atom. The lowest BCUT2D eigenvalue weighted by Crippen LogP contribution is -2.06. The summed E-state index contributed by atoms with van der Waals surface area (Å²) in [5.74, 6) is 2.29. The van der Waals surface area contributed by atoms with Gasteiger partial charge in [0.1, 0.15) is 17.4 Å². The molecule has 1 aromatic carbocycles. The van der Waals surface area contributed by atoms with Crippen LogP contribution in [0.15, 0.2) is 17.0 Å². The van der Waals surface area contributed by atoms with Gasteiger partial charge in [-0.1, -0.05) is 11.8 Å². The highest BCUT2D eigenvalue weighted by Crippen LogP contribution is 2.52. The minimum Gasteiger partial charge on any atom is -0.496 e. The van der Waals surface area contributed by atoms with Crippen LogP contribution in [-0.2, 0) is 5.60 Å². The highest BCUT2D eigenvalue weighted by molar-refractivity contribution is 7.99. The lowest BCUT2D eigenvalue weighted by molar-refractivity contribution is 0.147. The predicted octanol–water partition coefficient (Wildman–Crippen LogP) is 2.12. The molecule has 1 N–H and O–H groups in total. The van der Waals surface area contributed by atoms with Crippen LogP contribution in [0.25, 0.3) is 0 Å². The summed E-state index contributed by atoms with van der Waals surface area (Å²) in [6.45, 7) is 0. The highest BCUT2D eigenvalue weighted by atomic mass is 32.2. The van der Waals surface area contributed by atoms with Crippen LogP contribution in [0.2, 0.25) is 0 Å². The van der Waals surface area contributed by atoms with Gasteiger partial charge in [0, 0.05) is 5.56 Å². The number of hydrogen-bond donors (Lipinski definition) is 1. The maximum Gasteiger partial charge on any atom is 0.138 e. The Bertz CT molecular complexity index is 413. The van der Waals surface area contributed by atoms with E-state index in [4.69, 9.17) is 9.47 Å². The Morgan fingerprint density at radius 2 is 2.27 bits per heavy atom. The van der Waals surface area contributed by atoms with Gasteiger partial charge in [-0.25, -0.2) is 0 Å². The quantitative estimate of drug-likeness (QED) is 0.835. The largest absolute Gasteiger partial charge is 0.496 e. The zero-order chi connectivity index (χ0) is 10.5. The third kappa shape index (κ3) is 1.40. The molecule has 0 saturated heterocycles. The number of ether oxygens (including phenoxy) is 2. The van der Waals surface area contributed by atoms with E-state index in [0.29, 0.717) is 5.94 Å². The first-order chi connectivity index (χ1) is 7.23. The zero-order valence-electron chi connectivity index (χ0n) is 8.45. The average molecular weight is 224 g/mol. The van der Waals surface area contributed by atoms with E-state index in [1.165, 1.54) is 0 Å². The number of methoxy groups -OCH3 is 1. The molecule has 0 aromatic heterocycles. The van der Waals surface area contributed by atoms with Crippen LogP contribution in [-0.4, -0.2) is 18.2 Å². The van der Waals surface area contributed by atoms with Crippen molar-refractivity contribution in [2.75, 3.05) is 13.0 Å². The Kier molecular flexibility index (Phi) is 1.91. The molecule has 3 rings (SSSR count). The van der Waals surface area contributed by atoms with Gasteiger partial charge >= 0.3 is 0 Å². The maximum atomic E-state index is 10.1. The summed E-state index contributed by atoms with van der Waals surface area (Å²) in [7, 11) is 1.64. The van der Waals surface area contributed by atoms with Crippen molar-refractivity contribution in [1.29, 1.82) is 0 Å². The third-order valence-corrected chi connectivity index (χ3v) is 3.79. The van der Waals surface area contributed by atoms with Gasteiger partial charge in [0.05, 0.1) is 17.6 Å². The number of aliphatic hydroxyl groups is 1.